The first-order valence-electron chi connectivity index (χ1n) is 7.49. The molecule has 0 unspecified atom stereocenters. The molecule has 1 amide bonds. The molecule has 2 aliphatic carbocycles. The van der Waals surface area contributed by atoms with Crippen molar-refractivity contribution in [2.45, 2.75) is 46.0 Å². The van der Waals surface area contributed by atoms with Crippen LogP contribution in [-0.2, 0) is 4.79 Å². The van der Waals surface area contributed by atoms with E-state index in [1.54, 1.807) is 0 Å². The Bertz CT molecular complexity index is 494. The molecule has 0 spiro atoms. The molecule has 2 saturated carbocycles. The lowest BCUT2D eigenvalue weighted by molar-refractivity contribution is -0.117. The monoisotopic (exact) mass is 257 g/mol. The molecular weight excluding hydrogens is 234 g/mol. The predicted octanol–water partition coefficient (Wildman–Crippen LogP) is 4.07. The van der Waals surface area contributed by atoms with Gasteiger partial charge in [-0.2, -0.15) is 0 Å². The van der Waals surface area contributed by atoms with Crippen LogP contribution in [0.1, 0.15) is 43.2 Å². The number of hydrogen-bond donors (Lipinski definition) is 1. The van der Waals surface area contributed by atoms with E-state index in [9.17, 15) is 4.79 Å². The highest BCUT2D eigenvalue weighted by Gasteiger charge is 2.40. The SMILES string of the molecule is Cc1ccc(C)c(NC(=O)C[C@H]2C[C@H]3CC[C@@H]2C3)c1. The molecule has 102 valence electrons. The minimum absolute atomic E-state index is 0.200. The third-order valence-corrected chi connectivity index (χ3v) is 5.00. The molecule has 19 heavy (non-hydrogen) atoms. The van der Waals surface area contributed by atoms with Crippen LogP contribution in [0.2, 0.25) is 0 Å². The van der Waals surface area contributed by atoms with Crippen molar-refractivity contribution in [1.29, 1.82) is 0 Å². The first-order chi connectivity index (χ1) is 9.11. The summed E-state index contributed by atoms with van der Waals surface area (Å²) in [5.41, 5.74) is 3.32. The van der Waals surface area contributed by atoms with Crippen LogP contribution in [0.3, 0.4) is 0 Å². The van der Waals surface area contributed by atoms with Gasteiger partial charge in [-0.25, -0.2) is 0 Å². The quantitative estimate of drug-likeness (QED) is 0.869. The summed E-state index contributed by atoms with van der Waals surface area (Å²) in [6.07, 6.45) is 6.13. The van der Waals surface area contributed by atoms with Crippen LogP contribution in [-0.4, -0.2) is 5.91 Å². The molecule has 2 bridgehead atoms. The number of nitrogens with one attached hydrogen (secondary N) is 1. The van der Waals surface area contributed by atoms with Crippen LogP contribution in [0.5, 0.6) is 0 Å². The number of anilines is 1. The van der Waals surface area contributed by atoms with Crippen LogP contribution < -0.4 is 5.32 Å². The zero-order valence-electron chi connectivity index (χ0n) is 11.9. The van der Waals surface area contributed by atoms with Gasteiger partial charge in [-0.3, -0.25) is 4.79 Å². The predicted molar refractivity (Wildman–Crippen MR) is 78.1 cm³/mol. The van der Waals surface area contributed by atoms with Crippen molar-refractivity contribution < 1.29 is 4.79 Å². The number of aryl methyl sites for hydroxylation is 2. The summed E-state index contributed by atoms with van der Waals surface area (Å²) in [6.45, 7) is 4.11. The van der Waals surface area contributed by atoms with E-state index in [1.165, 1.54) is 31.2 Å². The summed E-state index contributed by atoms with van der Waals surface area (Å²) in [7, 11) is 0. The maximum atomic E-state index is 12.2. The topological polar surface area (TPSA) is 29.1 Å². The van der Waals surface area contributed by atoms with E-state index in [0.29, 0.717) is 12.3 Å². The lowest BCUT2D eigenvalue weighted by Crippen LogP contribution is -2.20. The van der Waals surface area contributed by atoms with Gasteiger partial charge >= 0.3 is 0 Å². The molecule has 2 fully saturated rings. The van der Waals surface area contributed by atoms with Crippen molar-refractivity contribution in [3.8, 4) is 0 Å². The normalized spacial score (nSPS) is 28.6. The third-order valence-electron chi connectivity index (χ3n) is 5.00. The molecule has 2 nitrogen and oxygen atoms in total. The first kappa shape index (κ1) is 12.7. The van der Waals surface area contributed by atoms with Crippen molar-refractivity contribution in [2.75, 3.05) is 5.32 Å². The number of benzene rings is 1. The fourth-order valence-electron chi connectivity index (χ4n) is 3.94. The second kappa shape index (κ2) is 4.99. The van der Waals surface area contributed by atoms with Gasteiger partial charge in [0.2, 0.25) is 5.91 Å². The van der Waals surface area contributed by atoms with Gasteiger partial charge in [0.25, 0.3) is 0 Å². The average molecular weight is 257 g/mol. The second-order valence-corrected chi connectivity index (χ2v) is 6.51. The van der Waals surface area contributed by atoms with Crippen molar-refractivity contribution in [2.24, 2.45) is 17.8 Å². The van der Waals surface area contributed by atoms with E-state index in [1.807, 2.05) is 6.92 Å². The second-order valence-electron chi connectivity index (χ2n) is 6.51. The molecule has 0 aromatic heterocycles. The Labute approximate surface area is 115 Å². The van der Waals surface area contributed by atoms with Gasteiger partial charge in [-0.1, -0.05) is 18.6 Å². The number of hydrogen-bond acceptors (Lipinski definition) is 1. The molecule has 0 saturated heterocycles. The number of carbonyl (C=O) groups excluding carboxylic acids is 1. The number of rotatable bonds is 3. The highest BCUT2D eigenvalue weighted by molar-refractivity contribution is 5.91. The minimum atomic E-state index is 0.200. The smallest absolute Gasteiger partial charge is 0.224 e. The summed E-state index contributed by atoms with van der Waals surface area (Å²) < 4.78 is 0. The van der Waals surface area contributed by atoms with Gasteiger partial charge in [0, 0.05) is 12.1 Å². The summed E-state index contributed by atoms with van der Waals surface area (Å²) in [6, 6.07) is 6.22. The summed E-state index contributed by atoms with van der Waals surface area (Å²) in [4.78, 5) is 12.2. The highest BCUT2D eigenvalue weighted by atomic mass is 16.1. The van der Waals surface area contributed by atoms with E-state index in [0.717, 1.165) is 23.1 Å². The lowest BCUT2D eigenvalue weighted by atomic mass is 9.86. The molecule has 3 rings (SSSR count). The van der Waals surface area contributed by atoms with Crippen LogP contribution in [0.15, 0.2) is 18.2 Å². The molecule has 0 heterocycles. The average Bonchev–Trinajstić information content (AvgIpc) is 2.96. The van der Waals surface area contributed by atoms with Crippen molar-refractivity contribution in [3.63, 3.8) is 0 Å². The molecule has 2 aliphatic rings. The summed E-state index contributed by atoms with van der Waals surface area (Å²) in [5, 5.41) is 3.10. The van der Waals surface area contributed by atoms with Crippen LogP contribution in [0.4, 0.5) is 5.69 Å². The third kappa shape index (κ3) is 2.68. The number of amides is 1. The van der Waals surface area contributed by atoms with Crippen molar-refractivity contribution in [1.82, 2.24) is 0 Å². The standard InChI is InChI=1S/C17H23NO/c1-11-3-4-12(2)16(7-11)18-17(19)10-15-9-13-5-6-14(15)8-13/h3-4,7,13-15H,5-6,8-10H2,1-2H3,(H,18,19)/t13-,14+,15+/m0/s1. The molecule has 0 radical (unpaired) electrons. The van der Waals surface area contributed by atoms with E-state index in [-0.39, 0.29) is 5.91 Å². The largest absolute Gasteiger partial charge is 0.326 e. The maximum absolute atomic E-state index is 12.2. The molecule has 2 heteroatoms. The van der Waals surface area contributed by atoms with Gasteiger partial charge in [0.15, 0.2) is 0 Å². The Morgan fingerprint density at radius 3 is 2.79 bits per heavy atom. The molecule has 3 atom stereocenters. The zero-order valence-corrected chi connectivity index (χ0v) is 11.9. The van der Waals surface area contributed by atoms with Crippen molar-refractivity contribution >= 4 is 11.6 Å². The van der Waals surface area contributed by atoms with E-state index < -0.39 is 0 Å². The molecule has 1 aromatic rings. The molecule has 1 N–H and O–H groups in total. The Morgan fingerprint density at radius 2 is 2.11 bits per heavy atom. The first-order valence-corrected chi connectivity index (χ1v) is 7.49. The van der Waals surface area contributed by atoms with Crippen LogP contribution >= 0.6 is 0 Å². The molecule has 0 aliphatic heterocycles. The number of carbonyl (C=O) groups is 1. The van der Waals surface area contributed by atoms with E-state index >= 15 is 0 Å². The Morgan fingerprint density at radius 1 is 1.26 bits per heavy atom. The van der Waals surface area contributed by atoms with Gasteiger partial charge in [-0.15, -0.1) is 0 Å². The summed E-state index contributed by atoms with van der Waals surface area (Å²) in [5.74, 6) is 2.59. The van der Waals surface area contributed by atoms with Gasteiger partial charge in [0.05, 0.1) is 0 Å². The fourth-order valence-corrected chi connectivity index (χ4v) is 3.94. The molecular formula is C17H23NO. The fraction of sp³-hybridized carbons (Fsp3) is 0.588. The van der Waals surface area contributed by atoms with Gasteiger partial charge < -0.3 is 5.32 Å². The van der Waals surface area contributed by atoms with Crippen molar-refractivity contribution in [3.05, 3.63) is 29.3 Å². The van der Waals surface area contributed by atoms with Crippen LogP contribution in [0.25, 0.3) is 0 Å². The van der Waals surface area contributed by atoms with Gasteiger partial charge in [-0.05, 0) is 68.1 Å². The Hall–Kier alpha value is -1.31. The highest BCUT2D eigenvalue weighted by Crippen LogP contribution is 2.49. The van der Waals surface area contributed by atoms with E-state index in [4.69, 9.17) is 0 Å². The summed E-state index contributed by atoms with van der Waals surface area (Å²) >= 11 is 0. The zero-order chi connectivity index (χ0) is 13.4. The number of fused-ring (bicyclic) bond motifs is 2. The minimum Gasteiger partial charge on any atom is -0.326 e. The Balaban J connectivity index is 1.61. The van der Waals surface area contributed by atoms with Crippen LogP contribution in [0, 0.1) is 31.6 Å². The maximum Gasteiger partial charge on any atom is 0.224 e. The Kier molecular flexibility index (Phi) is 3.34. The molecule has 1 aromatic carbocycles. The lowest BCUT2D eigenvalue weighted by Gasteiger charge is -2.21. The van der Waals surface area contributed by atoms with E-state index in [2.05, 4.69) is 30.4 Å². The van der Waals surface area contributed by atoms with Gasteiger partial charge in [0.1, 0.15) is 0 Å².